The van der Waals surface area contributed by atoms with E-state index in [9.17, 15) is 9.18 Å². The highest BCUT2D eigenvalue weighted by Gasteiger charge is 2.20. The Morgan fingerprint density at radius 1 is 1.25 bits per heavy atom. The fraction of sp³-hybridized carbons (Fsp3) is 0.500. The summed E-state index contributed by atoms with van der Waals surface area (Å²) in [5.74, 6) is -0.119. The van der Waals surface area contributed by atoms with Crippen LogP contribution in [0.25, 0.3) is 0 Å². The molecule has 24 heavy (non-hydrogen) atoms. The maximum atomic E-state index is 12.8. The Kier molecular flexibility index (Phi) is 5.79. The molecule has 1 fully saturated rings. The van der Waals surface area contributed by atoms with Gasteiger partial charge in [0.05, 0.1) is 11.8 Å². The molecular weight excluding hydrogens is 329 g/mol. The third-order valence-electron chi connectivity index (χ3n) is 4.12. The third kappa shape index (κ3) is 4.53. The number of thioether (sulfide) groups is 1. The van der Waals surface area contributed by atoms with Crippen molar-refractivity contribution < 1.29 is 9.18 Å². The van der Waals surface area contributed by atoms with Gasteiger partial charge >= 0.3 is 0 Å². The molecule has 1 N–H and O–H groups in total. The molecule has 1 saturated carbocycles. The van der Waals surface area contributed by atoms with Crippen molar-refractivity contribution in [2.45, 2.75) is 49.8 Å². The van der Waals surface area contributed by atoms with Crippen molar-refractivity contribution in [2.24, 2.45) is 0 Å². The van der Waals surface area contributed by atoms with E-state index in [-0.39, 0.29) is 17.5 Å². The average Bonchev–Trinajstić information content (AvgIpc) is 3.09. The zero-order valence-electron chi connectivity index (χ0n) is 13.3. The van der Waals surface area contributed by atoms with Gasteiger partial charge in [-0.3, -0.25) is 4.79 Å². The van der Waals surface area contributed by atoms with Crippen molar-refractivity contribution in [1.82, 2.24) is 25.5 Å². The van der Waals surface area contributed by atoms with Gasteiger partial charge in [0.2, 0.25) is 11.1 Å². The minimum atomic E-state index is -0.282. The zero-order chi connectivity index (χ0) is 16.8. The maximum Gasteiger partial charge on any atom is 0.230 e. The molecule has 0 bridgehead atoms. The lowest BCUT2D eigenvalue weighted by atomic mass is 9.96. The number of aromatic nitrogens is 4. The number of tetrazole rings is 1. The summed E-state index contributed by atoms with van der Waals surface area (Å²) in [5.41, 5.74) is 0.863. The van der Waals surface area contributed by atoms with E-state index in [1.165, 1.54) is 43.2 Å². The van der Waals surface area contributed by atoms with Crippen molar-refractivity contribution in [3.63, 3.8) is 0 Å². The number of hydrogen-bond acceptors (Lipinski definition) is 5. The van der Waals surface area contributed by atoms with E-state index < -0.39 is 0 Å². The van der Waals surface area contributed by atoms with Gasteiger partial charge in [-0.15, -0.1) is 5.10 Å². The second kappa shape index (κ2) is 8.23. The van der Waals surface area contributed by atoms with Gasteiger partial charge in [0, 0.05) is 6.54 Å². The lowest BCUT2D eigenvalue weighted by Gasteiger charge is -2.21. The molecule has 0 unspecified atom stereocenters. The number of nitrogens with one attached hydrogen (secondary N) is 1. The first-order chi connectivity index (χ1) is 11.7. The van der Waals surface area contributed by atoms with Crippen LogP contribution >= 0.6 is 11.8 Å². The largest absolute Gasteiger partial charge is 0.351 e. The molecule has 8 heteroatoms. The van der Waals surface area contributed by atoms with E-state index in [1.54, 1.807) is 12.1 Å². The van der Waals surface area contributed by atoms with E-state index in [1.807, 2.05) is 4.68 Å². The van der Waals surface area contributed by atoms with E-state index in [0.29, 0.717) is 17.7 Å². The van der Waals surface area contributed by atoms with Gasteiger partial charge in [-0.25, -0.2) is 9.07 Å². The average molecular weight is 349 g/mol. The highest BCUT2D eigenvalue weighted by Crippen LogP contribution is 2.30. The van der Waals surface area contributed by atoms with Crippen molar-refractivity contribution in [3.8, 4) is 0 Å². The molecule has 128 valence electrons. The Balaban J connectivity index is 1.48. The first-order valence-electron chi connectivity index (χ1n) is 8.14. The molecule has 1 aromatic heterocycles. The summed E-state index contributed by atoms with van der Waals surface area (Å²) in [6, 6.07) is 6.43. The summed E-state index contributed by atoms with van der Waals surface area (Å²) < 4.78 is 14.7. The molecule has 6 nitrogen and oxygen atoms in total. The summed E-state index contributed by atoms with van der Waals surface area (Å²) in [6.07, 6.45) is 5.86. The van der Waals surface area contributed by atoms with Crippen LogP contribution < -0.4 is 5.32 Å². The number of nitrogens with zero attached hydrogens (tertiary/aromatic N) is 4. The predicted octanol–water partition coefficient (Wildman–Crippen LogP) is 2.73. The maximum absolute atomic E-state index is 12.8. The van der Waals surface area contributed by atoms with Gasteiger partial charge in [0.1, 0.15) is 5.82 Å². The van der Waals surface area contributed by atoms with Crippen LogP contribution in [0.2, 0.25) is 0 Å². The minimum absolute atomic E-state index is 0.0949. The highest BCUT2D eigenvalue weighted by molar-refractivity contribution is 7.99. The minimum Gasteiger partial charge on any atom is -0.351 e. The number of halogens is 1. The molecule has 1 aliphatic carbocycles. The van der Waals surface area contributed by atoms with Crippen LogP contribution in [0.5, 0.6) is 0 Å². The number of carbonyl (C=O) groups is 1. The molecule has 0 radical (unpaired) electrons. The van der Waals surface area contributed by atoms with Crippen LogP contribution in [0.4, 0.5) is 4.39 Å². The molecular formula is C16H20FN5OS. The van der Waals surface area contributed by atoms with Crippen LogP contribution in [0.1, 0.15) is 43.7 Å². The normalized spacial score (nSPS) is 15.4. The Morgan fingerprint density at radius 3 is 2.75 bits per heavy atom. The van der Waals surface area contributed by atoms with E-state index in [2.05, 4.69) is 20.8 Å². The van der Waals surface area contributed by atoms with Crippen molar-refractivity contribution >= 4 is 17.7 Å². The zero-order valence-corrected chi connectivity index (χ0v) is 14.1. The number of benzene rings is 1. The molecule has 1 aliphatic rings. The first-order valence-corrected chi connectivity index (χ1v) is 9.13. The Bertz CT molecular complexity index is 669. The van der Waals surface area contributed by atoms with Gasteiger partial charge in [0.15, 0.2) is 0 Å². The van der Waals surface area contributed by atoms with Crippen LogP contribution in [0.3, 0.4) is 0 Å². The summed E-state index contributed by atoms with van der Waals surface area (Å²) >= 11 is 1.35. The molecule has 0 saturated heterocycles. The topological polar surface area (TPSA) is 72.7 Å². The SMILES string of the molecule is O=C(CSc1nnnn1C1CCCCC1)NCc1ccc(F)cc1. The Morgan fingerprint density at radius 2 is 2.00 bits per heavy atom. The molecule has 0 spiro atoms. The second-order valence-electron chi connectivity index (χ2n) is 5.89. The molecule has 0 aliphatic heterocycles. The molecule has 0 atom stereocenters. The van der Waals surface area contributed by atoms with Crippen molar-refractivity contribution in [1.29, 1.82) is 0 Å². The molecule has 1 amide bonds. The number of amides is 1. The number of carbonyl (C=O) groups excluding carboxylic acids is 1. The van der Waals surface area contributed by atoms with Crippen molar-refractivity contribution in [2.75, 3.05) is 5.75 Å². The van der Waals surface area contributed by atoms with Crippen molar-refractivity contribution in [3.05, 3.63) is 35.6 Å². The first kappa shape index (κ1) is 16.9. The third-order valence-corrected chi connectivity index (χ3v) is 5.05. The number of rotatable bonds is 6. The van der Waals surface area contributed by atoms with Gasteiger partial charge < -0.3 is 5.32 Å². The quantitative estimate of drug-likeness (QED) is 0.812. The highest BCUT2D eigenvalue weighted by atomic mass is 32.2. The van der Waals surface area contributed by atoms with Crippen LogP contribution in [-0.4, -0.2) is 31.9 Å². The molecule has 3 rings (SSSR count). The van der Waals surface area contributed by atoms with Crippen LogP contribution in [0.15, 0.2) is 29.4 Å². The van der Waals surface area contributed by atoms with Gasteiger partial charge in [0.25, 0.3) is 0 Å². The lowest BCUT2D eigenvalue weighted by molar-refractivity contribution is -0.118. The predicted molar refractivity (Wildman–Crippen MR) is 88.9 cm³/mol. The van der Waals surface area contributed by atoms with Gasteiger partial charge in [-0.2, -0.15) is 0 Å². The monoisotopic (exact) mass is 349 g/mol. The molecule has 1 heterocycles. The lowest BCUT2D eigenvalue weighted by Crippen LogP contribution is -2.25. The van der Waals surface area contributed by atoms with E-state index >= 15 is 0 Å². The smallest absolute Gasteiger partial charge is 0.230 e. The van der Waals surface area contributed by atoms with E-state index in [0.717, 1.165) is 18.4 Å². The van der Waals surface area contributed by atoms with Crippen LogP contribution in [-0.2, 0) is 11.3 Å². The summed E-state index contributed by atoms with van der Waals surface area (Å²) in [7, 11) is 0. The molecule has 1 aromatic carbocycles. The standard InChI is InChI=1S/C16H20FN5OS/c17-13-8-6-12(7-9-13)10-18-15(23)11-24-16-19-20-21-22(16)14-4-2-1-3-5-14/h6-9,14H,1-5,10-11H2,(H,18,23). The fourth-order valence-electron chi connectivity index (χ4n) is 2.82. The van der Waals surface area contributed by atoms with E-state index in [4.69, 9.17) is 0 Å². The van der Waals surface area contributed by atoms with Gasteiger partial charge in [-0.05, 0) is 41.0 Å². The van der Waals surface area contributed by atoms with Gasteiger partial charge in [-0.1, -0.05) is 43.2 Å². The van der Waals surface area contributed by atoms with Crippen LogP contribution in [0, 0.1) is 5.82 Å². The summed E-state index contributed by atoms with van der Waals surface area (Å²) in [4.78, 5) is 12.0. The fourth-order valence-corrected chi connectivity index (χ4v) is 3.59. The molecule has 2 aromatic rings. The Hall–Kier alpha value is -1.96. The second-order valence-corrected chi connectivity index (χ2v) is 6.83. The number of hydrogen-bond donors (Lipinski definition) is 1. The Labute approximate surface area is 144 Å². The summed E-state index contributed by atoms with van der Waals surface area (Å²) in [5, 5.41) is 15.4. The summed E-state index contributed by atoms with van der Waals surface area (Å²) in [6.45, 7) is 0.382.